The van der Waals surface area contributed by atoms with Crippen LogP contribution in [0, 0.1) is 11.8 Å². The zero-order chi connectivity index (χ0) is 18.8. The Labute approximate surface area is 154 Å². The lowest BCUT2D eigenvalue weighted by Crippen LogP contribution is -2.41. The Bertz CT molecular complexity index is 683. The van der Waals surface area contributed by atoms with Crippen LogP contribution >= 0.6 is 0 Å². The number of carbonyl (C=O) groups excluding carboxylic acids is 2. The van der Waals surface area contributed by atoms with E-state index in [1.54, 1.807) is 12.2 Å². The third kappa shape index (κ3) is 7.12. The van der Waals surface area contributed by atoms with E-state index < -0.39 is 30.3 Å². The van der Waals surface area contributed by atoms with Crippen LogP contribution in [-0.4, -0.2) is 36.9 Å². The Morgan fingerprint density at radius 1 is 1.12 bits per heavy atom. The smallest absolute Gasteiger partial charge is 0.303 e. The second-order valence-electron chi connectivity index (χ2n) is 6.02. The molecule has 5 nitrogen and oxygen atoms in total. The van der Waals surface area contributed by atoms with E-state index in [4.69, 9.17) is 14.2 Å². The molecule has 0 aliphatic carbocycles. The van der Waals surface area contributed by atoms with Gasteiger partial charge in [-0.1, -0.05) is 36.3 Å². The molecule has 1 aromatic carbocycles. The van der Waals surface area contributed by atoms with E-state index in [0.717, 1.165) is 19.3 Å². The third-order valence-corrected chi connectivity index (χ3v) is 3.77. The van der Waals surface area contributed by atoms with Crippen LogP contribution in [0.25, 0.3) is 0 Å². The van der Waals surface area contributed by atoms with E-state index >= 15 is 0 Å². The van der Waals surface area contributed by atoms with Crippen molar-refractivity contribution in [1.29, 1.82) is 0 Å². The maximum absolute atomic E-state index is 11.2. The Morgan fingerprint density at radius 2 is 1.88 bits per heavy atom. The fourth-order valence-electron chi connectivity index (χ4n) is 2.57. The summed E-state index contributed by atoms with van der Waals surface area (Å²) in [4.78, 5) is 22.2. The molecule has 0 spiro atoms. The topological polar surface area (TPSA) is 61.8 Å². The molecule has 3 atom stereocenters. The maximum Gasteiger partial charge on any atom is 0.303 e. The molecule has 1 aliphatic heterocycles. The molecular formula is C21H24O5. The van der Waals surface area contributed by atoms with Gasteiger partial charge in [0.1, 0.15) is 24.9 Å². The average molecular weight is 356 g/mol. The van der Waals surface area contributed by atoms with Gasteiger partial charge in [-0.3, -0.25) is 9.59 Å². The second-order valence-corrected chi connectivity index (χ2v) is 6.02. The number of hydrogen-bond donors (Lipinski definition) is 0. The van der Waals surface area contributed by atoms with Crippen LogP contribution in [-0.2, 0) is 30.2 Å². The van der Waals surface area contributed by atoms with Gasteiger partial charge in [-0.2, -0.15) is 0 Å². The summed E-state index contributed by atoms with van der Waals surface area (Å²) >= 11 is 0. The molecule has 0 amide bonds. The first-order chi connectivity index (χ1) is 12.5. The van der Waals surface area contributed by atoms with E-state index in [1.807, 2.05) is 18.2 Å². The average Bonchev–Trinajstić information content (AvgIpc) is 2.61. The van der Waals surface area contributed by atoms with Crippen LogP contribution in [0.5, 0.6) is 0 Å². The lowest BCUT2D eigenvalue weighted by Gasteiger charge is -2.29. The minimum atomic E-state index is -0.581. The number of carbonyl (C=O) groups is 2. The van der Waals surface area contributed by atoms with Gasteiger partial charge in [0.2, 0.25) is 0 Å². The molecule has 138 valence electrons. The summed E-state index contributed by atoms with van der Waals surface area (Å²) in [6.45, 7) is 2.67. The number of ether oxygens (including phenoxy) is 3. The van der Waals surface area contributed by atoms with E-state index in [9.17, 15) is 9.59 Å². The van der Waals surface area contributed by atoms with Gasteiger partial charge in [0, 0.05) is 20.3 Å². The second kappa shape index (κ2) is 10.4. The Hall–Kier alpha value is -2.58. The molecule has 2 rings (SSSR count). The third-order valence-electron chi connectivity index (χ3n) is 3.77. The highest BCUT2D eigenvalue weighted by atomic mass is 16.6. The molecule has 1 aliphatic rings. The lowest BCUT2D eigenvalue weighted by molar-refractivity contribution is -0.161. The molecule has 0 aromatic heterocycles. The molecule has 0 radical (unpaired) electrons. The molecule has 0 bridgehead atoms. The summed E-state index contributed by atoms with van der Waals surface area (Å²) in [5.74, 6) is 5.36. The van der Waals surface area contributed by atoms with Gasteiger partial charge >= 0.3 is 11.9 Å². The molecular weight excluding hydrogens is 332 g/mol. The van der Waals surface area contributed by atoms with Crippen LogP contribution in [0.15, 0.2) is 42.5 Å². The largest absolute Gasteiger partial charge is 0.463 e. The van der Waals surface area contributed by atoms with Gasteiger partial charge in [0.05, 0.1) is 0 Å². The van der Waals surface area contributed by atoms with Gasteiger partial charge in [0.15, 0.2) is 0 Å². The SMILES string of the molecule is CC(=O)OC[C@H]1O[C@H](C#CCCCc2ccccc2)C=C[C@H]1OC(C)=O. The van der Waals surface area contributed by atoms with Crippen molar-refractivity contribution in [2.45, 2.75) is 51.4 Å². The highest BCUT2D eigenvalue weighted by molar-refractivity contribution is 5.66. The number of esters is 2. The van der Waals surface area contributed by atoms with Crippen molar-refractivity contribution >= 4 is 11.9 Å². The summed E-state index contributed by atoms with van der Waals surface area (Å²) in [6, 6.07) is 10.3. The standard InChI is InChI=1S/C21H24O5/c1-16(22)24-15-21-20(25-17(2)23)14-13-19(26-21)12-8-4-7-11-18-9-5-3-6-10-18/h3,5-6,9-10,13-14,19-21H,4,7,11,15H2,1-2H3/t19-,20-,21-/m1/s1. The predicted molar refractivity (Wildman–Crippen MR) is 97.1 cm³/mol. The Kier molecular flexibility index (Phi) is 7.91. The fourth-order valence-corrected chi connectivity index (χ4v) is 2.57. The monoisotopic (exact) mass is 356 g/mol. The maximum atomic E-state index is 11.2. The normalized spacial score (nSPS) is 21.4. The zero-order valence-corrected chi connectivity index (χ0v) is 15.1. The summed E-state index contributed by atoms with van der Waals surface area (Å²) in [6.07, 6.45) is 4.69. The van der Waals surface area contributed by atoms with Crippen molar-refractivity contribution in [3.8, 4) is 11.8 Å². The molecule has 0 unspecified atom stereocenters. The van der Waals surface area contributed by atoms with Crippen molar-refractivity contribution in [2.24, 2.45) is 0 Å². The number of unbranched alkanes of at least 4 members (excludes halogenated alkanes) is 1. The first-order valence-electron chi connectivity index (χ1n) is 8.71. The molecule has 0 N–H and O–H groups in total. The number of rotatable bonds is 6. The molecule has 5 heteroatoms. The first kappa shape index (κ1) is 19.7. The predicted octanol–water partition coefficient (Wildman–Crippen LogP) is 2.83. The van der Waals surface area contributed by atoms with Gasteiger partial charge in [-0.05, 0) is 30.6 Å². The molecule has 0 saturated carbocycles. The quantitative estimate of drug-likeness (QED) is 0.339. The highest BCUT2D eigenvalue weighted by Gasteiger charge is 2.29. The summed E-state index contributed by atoms with van der Waals surface area (Å²) in [5, 5.41) is 0. The molecule has 1 aromatic rings. The highest BCUT2D eigenvalue weighted by Crippen LogP contribution is 2.17. The summed E-state index contributed by atoms with van der Waals surface area (Å²) in [5.41, 5.74) is 1.30. The molecule has 26 heavy (non-hydrogen) atoms. The van der Waals surface area contributed by atoms with Gasteiger partial charge < -0.3 is 14.2 Å². The summed E-state index contributed by atoms with van der Waals surface area (Å²) < 4.78 is 16.0. The number of hydrogen-bond acceptors (Lipinski definition) is 5. The molecule has 1 heterocycles. The van der Waals surface area contributed by atoms with Crippen LogP contribution < -0.4 is 0 Å². The van der Waals surface area contributed by atoms with E-state index in [2.05, 4.69) is 24.0 Å². The zero-order valence-electron chi connectivity index (χ0n) is 15.1. The Balaban J connectivity index is 1.85. The minimum Gasteiger partial charge on any atom is -0.463 e. The van der Waals surface area contributed by atoms with Gasteiger partial charge in [-0.25, -0.2) is 0 Å². The first-order valence-corrected chi connectivity index (χ1v) is 8.71. The fraction of sp³-hybridized carbons (Fsp3) is 0.429. The van der Waals surface area contributed by atoms with Crippen molar-refractivity contribution in [3.05, 3.63) is 48.0 Å². The van der Waals surface area contributed by atoms with Crippen molar-refractivity contribution < 1.29 is 23.8 Å². The van der Waals surface area contributed by atoms with Crippen LogP contribution in [0.2, 0.25) is 0 Å². The minimum absolute atomic E-state index is 0.0177. The number of benzene rings is 1. The van der Waals surface area contributed by atoms with Crippen LogP contribution in [0.3, 0.4) is 0 Å². The molecule has 0 saturated heterocycles. The number of aryl methyl sites for hydroxylation is 1. The van der Waals surface area contributed by atoms with Gasteiger partial charge in [0.25, 0.3) is 0 Å². The van der Waals surface area contributed by atoms with Crippen molar-refractivity contribution in [1.82, 2.24) is 0 Å². The van der Waals surface area contributed by atoms with Crippen LogP contribution in [0.4, 0.5) is 0 Å². The summed E-state index contributed by atoms with van der Waals surface area (Å²) in [7, 11) is 0. The van der Waals surface area contributed by atoms with E-state index in [1.165, 1.54) is 19.4 Å². The van der Waals surface area contributed by atoms with Crippen molar-refractivity contribution in [2.75, 3.05) is 6.61 Å². The van der Waals surface area contributed by atoms with Crippen LogP contribution in [0.1, 0.15) is 32.3 Å². The van der Waals surface area contributed by atoms with E-state index in [-0.39, 0.29) is 6.61 Å². The Morgan fingerprint density at radius 3 is 2.58 bits per heavy atom. The molecule has 0 fully saturated rings. The van der Waals surface area contributed by atoms with Gasteiger partial charge in [-0.15, -0.1) is 5.92 Å². The van der Waals surface area contributed by atoms with E-state index in [0.29, 0.717) is 0 Å². The lowest BCUT2D eigenvalue weighted by atomic mass is 10.1. The van der Waals surface area contributed by atoms with Crippen molar-refractivity contribution in [3.63, 3.8) is 0 Å².